The number of aromatic nitrogens is 5. The number of ketones is 1. The summed E-state index contributed by atoms with van der Waals surface area (Å²) in [6, 6.07) is 17.9. The number of carbonyl (C=O) groups excluding carboxylic acids is 3. The number of aliphatic carboxylic acids is 1. The van der Waals surface area contributed by atoms with Gasteiger partial charge in [0.25, 0.3) is 11.8 Å². The zero-order chi connectivity index (χ0) is 48.0. The second-order valence-electron chi connectivity index (χ2n) is 17.2. The maximum absolute atomic E-state index is 13.3. The van der Waals surface area contributed by atoms with Gasteiger partial charge in [-0.05, 0) is 68.5 Å². The smallest absolute Gasteiger partial charge is 0.326 e. The molecule has 0 saturated carbocycles. The predicted octanol–water partition coefficient (Wildman–Crippen LogP) is 5.62. The number of nitrogens with zero attached hydrogens (tertiary/aromatic N) is 7. The van der Waals surface area contributed by atoms with Gasteiger partial charge in [0.1, 0.15) is 35.1 Å². The van der Waals surface area contributed by atoms with Crippen LogP contribution in [0.1, 0.15) is 79.4 Å². The number of carboxylic acids is 1. The number of anilines is 2. The number of ether oxygens (including phenoxy) is 4. The second-order valence-corrected chi connectivity index (χ2v) is 17.2. The van der Waals surface area contributed by atoms with Crippen molar-refractivity contribution >= 4 is 35.3 Å². The topological polar surface area (TPSA) is 253 Å². The van der Waals surface area contributed by atoms with Crippen molar-refractivity contribution in [3.63, 3.8) is 0 Å². The molecule has 0 radical (unpaired) electrons. The van der Waals surface area contributed by atoms with Crippen LogP contribution in [0.2, 0.25) is 0 Å². The van der Waals surface area contributed by atoms with Crippen molar-refractivity contribution in [2.75, 3.05) is 56.3 Å². The van der Waals surface area contributed by atoms with Crippen LogP contribution in [-0.2, 0) is 25.6 Å². The molecule has 0 saturated heterocycles. The Morgan fingerprint density at radius 2 is 1.64 bits per heavy atom. The van der Waals surface area contributed by atoms with Crippen molar-refractivity contribution in [2.24, 2.45) is 5.41 Å². The van der Waals surface area contributed by atoms with Crippen LogP contribution in [0.4, 0.5) is 11.8 Å². The number of nitrogens with one attached hydrogen (secondary N) is 3. The number of Topliss-reactive ketones (excluding diaryl/α,β-unsaturated/α-hetero) is 1. The number of nitriles is 1. The molecule has 1 atom stereocenters. The fraction of sp³-hybridized carbons (Fsp3) is 0.375. The summed E-state index contributed by atoms with van der Waals surface area (Å²) >= 11 is 0. The first-order valence-electron chi connectivity index (χ1n) is 21.7. The Hall–Kier alpha value is -7.56. The summed E-state index contributed by atoms with van der Waals surface area (Å²) in [6.45, 7) is 11.7. The summed E-state index contributed by atoms with van der Waals surface area (Å²) in [4.78, 5) is 74.0. The van der Waals surface area contributed by atoms with Crippen molar-refractivity contribution in [3.05, 3.63) is 108 Å². The number of carboxylic acid groups (broad SMARTS) is 1. The molecule has 1 aromatic carbocycles. The number of pyridine rings is 3. The Morgan fingerprint density at radius 3 is 2.34 bits per heavy atom. The molecule has 5 aromatic rings. The third kappa shape index (κ3) is 13.7. The summed E-state index contributed by atoms with van der Waals surface area (Å²) in [6.07, 6.45) is 7.19. The minimum absolute atomic E-state index is 0.0533. The van der Waals surface area contributed by atoms with Crippen LogP contribution in [0.5, 0.6) is 17.4 Å². The lowest BCUT2D eigenvalue weighted by molar-refractivity contribution is -0.142. The van der Waals surface area contributed by atoms with Crippen LogP contribution >= 0.6 is 0 Å². The largest absolute Gasteiger partial charge is 0.484 e. The van der Waals surface area contributed by atoms with Crippen LogP contribution < -0.4 is 30.3 Å². The zero-order valence-corrected chi connectivity index (χ0v) is 38.1. The van der Waals surface area contributed by atoms with E-state index < -0.39 is 23.5 Å². The number of hydrogen-bond acceptors (Lipinski definition) is 16. The van der Waals surface area contributed by atoms with E-state index in [-0.39, 0.29) is 42.7 Å². The van der Waals surface area contributed by atoms with Crippen molar-refractivity contribution in [1.82, 2.24) is 35.6 Å². The molecule has 2 amide bonds. The molecule has 1 aliphatic rings. The van der Waals surface area contributed by atoms with Crippen LogP contribution in [0, 0.1) is 16.7 Å². The van der Waals surface area contributed by atoms with E-state index in [2.05, 4.69) is 42.0 Å². The Balaban J connectivity index is 0.842. The SMILES string of the molecule is CC(C)(C)CC[C@H](NC(=O)COc1cccc(Oc2ccc(C(=O)NCCOCCOCCNc3ncc(-c4ccc5c(n4)N(Cc4cccnc4C#N)C(C)(C)C5=O)cn3)cn2)c1)C(=O)O. The Kier molecular flexibility index (Phi) is 16.5. The fourth-order valence-electron chi connectivity index (χ4n) is 6.81. The van der Waals surface area contributed by atoms with Crippen molar-refractivity contribution in [3.8, 4) is 34.7 Å². The van der Waals surface area contributed by atoms with Gasteiger partial charge in [-0.1, -0.05) is 32.9 Å². The van der Waals surface area contributed by atoms with Crippen LogP contribution in [0.15, 0.2) is 85.5 Å². The van der Waals surface area contributed by atoms with Crippen molar-refractivity contribution in [2.45, 2.75) is 65.6 Å². The van der Waals surface area contributed by atoms with Crippen LogP contribution in [0.3, 0.4) is 0 Å². The highest BCUT2D eigenvalue weighted by molar-refractivity contribution is 6.13. The highest BCUT2D eigenvalue weighted by Crippen LogP contribution is 2.40. The molecular weight excluding hydrogens is 861 g/mol. The third-order valence-corrected chi connectivity index (χ3v) is 10.5. The molecule has 19 heteroatoms. The van der Waals surface area contributed by atoms with Crippen LogP contribution in [0.25, 0.3) is 11.3 Å². The van der Waals surface area contributed by atoms with Gasteiger partial charge < -0.3 is 44.9 Å². The van der Waals surface area contributed by atoms with Gasteiger partial charge in [0, 0.05) is 67.7 Å². The van der Waals surface area contributed by atoms with E-state index in [1.54, 1.807) is 73.2 Å². The molecule has 0 spiro atoms. The third-order valence-electron chi connectivity index (χ3n) is 10.5. The molecular formula is C48H54N10O9. The maximum atomic E-state index is 13.3. The lowest BCUT2D eigenvalue weighted by Crippen LogP contribution is -2.44. The van der Waals surface area contributed by atoms with Gasteiger partial charge in [0.2, 0.25) is 11.8 Å². The molecule has 0 fully saturated rings. The number of fused-ring (bicyclic) bond motifs is 1. The van der Waals surface area contributed by atoms with Gasteiger partial charge in [-0.2, -0.15) is 5.26 Å². The van der Waals surface area contributed by atoms with E-state index in [1.165, 1.54) is 6.20 Å². The number of amides is 2. The molecule has 350 valence electrons. The standard InChI is InChI=1S/C48H54N10O9/c1-47(2,3)16-15-38(45(62)63)56-40(59)30-66-34-9-6-10-35(24-34)67-41-14-11-31(26-53-41)44(61)51-18-20-64-22-23-65-21-19-52-46-54-27-33(28-55-46)37-13-12-36-42(60)48(4,5)58(43(36)57-37)29-32-8-7-17-50-39(32)25-49/h6-14,17,24,26-28,38H,15-16,18-23,29-30H2,1-5H3,(H,51,61)(H,56,59)(H,62,63)(H,52,54,55)/t38-/m0/s1. The van der Waals surface area contributed by atoms with Crippen molar-refractivity contribution in [1.29, 1.82) is 5.26 Å². The molecule has 6 rings (SSSR count). The summed E-state index contributed by atoms with van der Waals surface area (Å²) in [7, 11) is 0. The minimum Gasteiger partial charge on any atom is -0.484 e. The van der Waals surface area contributed by atoms with Gasteiger partial charge in [-0.3, -0.25) is 14.4 Å². The van der Waals surface area contributed by atoms with Gasteiger partial charge in [-0.25, -0.2) is 29.7 Å². The van der Waals surface area contributed by atoms with E-state index >= 15 is 0 Å². The van der Waals surface area contributed by atoms with E-state index in [1.807, 2.05) is 45.6 Å². The number of rotatable bonds is 23. The Labute approximate surface area is 388 Å². The number of benzene rings is 1. The Morgan fingerprint density at radius 1 is 0.896 bits per heavy atom. The quantitative estimate of drug-likeness (QED) is 0.0580. The highest BCUT2D eigenvalue weighted by atomic mass is 16.5. The number of carbonyl (C=O) groups is 4. The van der Waals surface area contributed by atoms with Crippen molar-refractivity contribution < 1.29 is 43.2 Å². The number of hydrogen-bond donors (Lipinski definition) is 4. The minimum atomic E-state index is -1.10. The zero-order valence-electron chi connectivity index (χ0n) is 38.1. The van der Waals surface area contributed by atoms with Gasteiger partial charge >= 0.3 is 5.97 Å². The monoisotopic (exact) mass is 914 g/mol. The average molecular weight is 915 g/mol. The lowest BCUT2D eigenvalue weighted by atomic mass is 9.88. The molecule has 19 nitrogen and oxygen atoms in total. The molecule has 0 aliphatic carbocycles. The van der Waals surface area contributed by atoms with Crippen LogP contribution in [-0.4, -0.2) is 111 Å². The molecule has 67 heavy (non-hydrogen) atoms. The van der Waals surface area contributed by atoms with E-state index in [4.69, 9.17) is 23.9 Å². The van der Waals surface area contributed by atoms with Gasteiger partial charge in [-0.15, -0.1) is 0 Å². The van der Waals surface area contributed by atoms with E-state index in [0.717, 1.165) is 0 Å². The van der Waals surface area contributed by atoms with E-state index in [9.17, 15) is 29.5 Å². The average Bonchev–Trinajstić information content (AvgIpc) is 3.50. The Bertz CT molecular complexity index is 2560. The predicted molar refractivity (Wildman–Crippen MR) is 246 cm³/mol. The highest BCUT2D eigenvalue weighted by Gasteiger charge is 2.45. The van der Waals surface area contributed by atoms with Gasteiger partial charge in [0.05, 0.1) is 48.8 Å². The first kappa shape index (κ1) is 48.9. The summed E-state index contributed by atoms with van der Waals surface area (Å²) < 4.78 is 22.6. The fourth-order valence-corrected chi connectivity index (χ4v) is 6.81. The summed E-state index contributed by atoms with van der Waals surface area (Å²) in [5.41, 5.74) is 2.17. The molecule has 4 N–H and O–H groups in total. The second kappa shape index (κ2) is 22.6. The first-order valence-corrected chi connectivity index (χ1v) is 21.7. The maximum Gasteiger partial charge on any atom is 0.326 e. The lowest BCUT2D eigenvalue weighted by Gasteiger charge is -2.32. The molecule has 1 aliphatic heterocycles. The first-order chi connectivity index (χ1) is 32.1. The summed E-state index contributed by atoms with van der Waals surface area (Å²) in [5, 5.41) is 27.5. The molecule has 4 aromatic heterocycles. The van der Waals surface area contributed by atoms with Gasteiger partial charge in [0.15, 0.2) is 12.4 Å². The summed E-state index contributed by atoms with van der Waals surface area (Å²) in [5.74, 6) is -0.148. The molecule has 0 bridgehead atoms. The van der Waals surface area contributed by atoms with E-state index in [0.29, 0.717) is 103 Å². The molecule has 5 heterocycles. The molecule has 0 unspecified atom stereocenters. The normalized spacial score (nSPS) is 13.3.